The predicted octanol–water partition coefficient (Wildman–Crippen LogP) is -0.368. The van der Waals surface area contributed by atoms with Crippen LogP contribution in [0.5, 0.6) is 0 Å². The quantitative estimate of drug-likeness (QED) is 0.263. The van der Waals surface area contributed by atoms with Crippen molar-refractivity contribution in [3.05, 3.63) is 0 Å². The monoisotopic (exact) mass is 85.1 g/mol. The Labute approximate surface area is 36.6 Å². The highest BCUT2D eigenvalue weighted by Gasteiger charge is 1.50. The maximum Gasteiger partial charge on any atom is 0.0643 e. The Kier molecular flexibility index (Phi) is 3.55. The summed E-state index contributed by atoms with van der Waals surface area (Å²) in [4.78, 5) is 3.57. The van der Waals surface area contributed by atoms with E-state index in [1.807, 2.05) is 0 Å². The van der Waals surface area contributed by atoms with Gasteiger partial charge in [-0.2, -0.15) is 5.10 Å². The summed E-state index contributed by atoms with van der Waals surface area (Å²) < 4.78 is 0. The van der Waals surface area contributed by atoms with E-state index in [0.717, 1.165) is 0 Å². The Morgan fingerprint density at radius 1 is 1.50 bits per heavy atom. The molecule has 0 amide bonds. The molecule has 34 valence electrons. The van der Waals surface area contributed by atoms with Gasteiger partial charge in [-0.1, -0.05) is 0 Å². The van der Waals surface area contributed by atoms with Crippen LogP contribution in [0.15, 0.2) is 10.1 Å². The molecule has 0 spiro atoms. The standard InChI is InChI=1S/C3H7N3/c1-5-2-3-6-4/h2-3H,4H2,1H3/b5-2?,6-3-. The lowest BCUT2D eigenvalue weighted by molar-refractivity contribution is 1.27. The molecule has 3 nitrogen and oxygen atoms in total. The van der Waals surface area contributed by atoms with Crippen LogP contribution in [-0.2, 0) is 0 Å². The molecule has 0 aliphatic rings. The summed E-state index contributed by atoms with van der Waals surface area (Å²) >= 11 is 0. The second-order valence-corrected chi connectivity index (χ2v) is 0.705. The molecular weight excluding hydrogens is 78.1 g/mol. The number of nitrogens with zero attached hydrogens (tertiary/aromatic N) is 2. The first-order chi connectivity index (χ1) is 2.91. The van der Waals surface area contributed by atoms with Crippen molar-refractivity contribution < 1.29 is 0 Å². The molecular formula is C3H7N3. The molecule has 2 N–H and O–H groups in total. The van der Waals surface area contributed by atoms with Gasteiger partial charge < -0.3 is 5.84 Å². The maximum atomic E-state index is 4.69. The molecule has 0 rings (SSSR count). The largest absolute Gasteiger partial charge is 0.323 e. The number of hydrogen-bond donors (Lipinski definition) is 1. The van der Waals surface area contributed by atoms with E-state index in [2.05, 4.69) is 10.1 Å². The zero-order valence-electron chi connectivity index (χ0n) is 3.63. The number of hydrazone groups is 1. The average molecular weight is 85.1 g/mol. The van der Waals surface area contributed by atoms with Gasteiger partial charge in [-0.3, -0.25) is 4.99 Å². The third-order valence-corrected chi connectivity index (χ3v) is 0.302. The van der Waals surface area contributed by atoms with Crippen LogP contribution in [0, 0.1) is 0 Å². The SMILES string of the molecule is CN=C/C=N\N. The fourth-order valence-corrected chi connectivity index (χ4v) is 0.105. The van der Waals surface area contributed by atoms with Crippen molar-refractivity contribution in [1.29, 1.82) is 0 Å². The minimum Gasteiger partial charge on any atom is -0.323 e. The third-order valence-electron chi connectivity index (χ3n) is 0.302. The van der Waals surface area contributed by atoms with Gasteiger partial charge in [0.2, 0.25) is 0 Å². The molecule has 6 heavy (non-hydrogen) atoms. The molecule has 0 aliphatic heterocycles. The molecule has 3 heteroatoms. The van der Waals surface area contributed by atoms with Crippen molar-refractivity contribution in [2.24, 2.45) is 15.9 Å². The van der Waals surface area contributed by atoms with Crippen LogP contribution in [0.4, 0.5) is 0 Å². The summed E-state index contributed by atoms with van der Waals surface area (Å²) in [5.41, 5.74) is 0. The topological polar surface area (TPSA) is 50.7 Å². The molecule has 0 aromatic carbocycles. The van der Waals surface area contributed by atoms with Crippen molar-refractivity contribution in [2.75, 3.05) is 7.05 Å². The van der Waals surface area contributed by atoms with Gasteiger partial charge in [-0.15, -0.1) is 0 Å². The Bertz CT molecular complexity index is 54.4. The predicted molar refractivity (Wildman–Crippen MR) is 27.1 cm³/mol. The van der Waals surface area contributed by atoms with Crippen molar-refractivity contribution in [3.8, 4) is 0 Å². The van der Waals surface area contributed by atoms with Gasteiger partial charge >= 0.3 is 0 Å². The first-order valence-electron chi connectivity index (χ1n) is 1.56. The molecule has 0 aromatic rings. The Hall–Kier alpha value is -0.860. The molecule has 0 radical (unpaired) electrons. The molecule has 0 unspecified atom stereocenters. The van der Waals surface area contributed by atoms with Gasteiger partial charge in [-0.05, 0) is 0 Å². The number of nitrogens with two attached hydrogens (primary N) is 1. The van der Waals surface area contributed by atoms with Gasteiger partial charge in [0.05, 0.1) is 6.21 Å². The Morgan fingerprint density at radius 2 is 2.17 bits per heavy atom. The van der Waals surface area contributed by atoms with Crippen LogP contribution in [0.25, 0.3) is 0 Å². The van der Waals surface area contributed by atoms with Crippen LogP contribution in [0.3, 0.4) is 0 Å². The summed E-state index contributed by atoms with van der Waals surface area (Å²) in [5.74, 6) is 4.69. The lowest BCUT2D eigenvalue weighted by Crippen LogP contribution is -1.81. The average Bonchev–Trinajstić information content (AvgIpc) is 1.61. The highest BCUT2D eigenvalue weighted by Crippen LogP contribution is 1.43. The molecule has 0 fully saturated rings. The van der Waals surface area contributed by atoms with Gasteiger partial charge in [0.15, 0.2) is 0 Å². The lowest BCUT2D eigenvalue weighted by atomic mass is 10.8. The van der Waals surface area contributed by atoms with E-state index in [1.54, 1.807) is 7.05 Å². The second-order valence-electron chi connectivity index (χ2n) is 0.705. The Morgan fingerprint density at radius 3 is 2.33 bits per heavy atom. The highest BCUT2D eigenvalue weighted by atomic mass is 15.1. The van der Waals surface area contributed by atoms with Gasteiger partial charge in [0.25, 0.3) is 0 Å². The highest BCUT2D eigenvalue weighted by molar-refractivity contribution is 6.15. The van der Waals surface area contributed by atoms with E-state index in [9.17, 15) is 0 Å². The molecule has 0 bridgehead atoms. The smallest absolute Gasteiger partial charge is 0.0643 e. The number of aliphatic imine (C=N–C) groups is 1. The summed E-state index contributed by atoms with van der Waals surface area (Å²) in [7, 11) is 1.65. The zero-order chi connectivity index (χ0) is 4.83. The summed E-state index contributed by atoms with van der Waals surface area (Å²) in [6, 6.07) is 0. The number of hydrogen-bond acceptors (Lipinski definition) is 3. The summed E-state index contributed by atoms with van der Waals surface area (Å²) in [5, 5.41) is 3.15. The minimum atomic E-state index is 1.42. The van der Waals surface area contributed by atoms with Gasteiger partial charge in [0, 0.05) is 13.3 Å². The fraction of sp³-hybridized carbons (Fsp3) is 0.333. The van der Waals surface area contributed by atoms with E-state index in [-0.39, 0.29) is 0 Å². The van der Waals surface area contributed by atoms with Crippen molar-refractivity contribution in [3.63, 3.8) is 0 Å². The first-order valence-corrected chi connectivity index (χ1v) is 1.56. The van der Waals surface area contributed by atoms with Crippen molar-refractivity contribution in [1.82, 2.24) is 0 Å². The van der Waals surface area contributed by atoms with E-state index in [0.29, 0.717) is 0 Å². The third kappa shape index (κ3) is 3.14. The second kappa shape index (κ2) is 4.14. The zero-order valence-corrected chi connectivity index (χ0v) is 3.63. The van der Waals surface area contributed by atoms with Crippen molar-refractivity contribution in [2.45, 2.75) is 0 Å². The van der Waals surface area contributed by atoms with E-state index in [1.165, 1.54) is 12.4 Å². The molecule has 0 saturated heterocycles. The van der Waals surface area contributed by atoms with Crippen LogP contribution in [0.2, 0.25) is 0 Å². The number of rotatable bonds is 1. The van der Waals surface area contributed by atoms with Gasteiger partial charge in [0.1, 0.15) is 0 Å². The summed E-state index contributed by atoms with van der Waals surface area (Å²) in [6.07, 6.45) is 2.93. The fourth-order valence-electron chi connectivity index (χ4n) is 0.105. The lowest BCUT2D eigenvalue weighted by Gasteiger charge is -1.64. The van der Waals surface area contributed by atoms with Crippen LogP contribution in [-0.4, -0.2) is 19.5 Å². The first kappa shape index (κ1) is 5.14. The van der Waals surface area contributed by atoms with Crippen LogP contribution in [0.1, 0.15) is 0 Å². The van der Waals surface area contributed by atoms with E-state index >= 15 is 0 Å². The Balaban J connectivity index is 3.07. The van der Waals surface area contributed by atoms with Crippen LogP contribution < -0.4 is 5.84 Å². The van der Waals surface area contributed by atoms with Crippen molar-refractivity contribution >= 4 is 12.4 Å². The molecule has 0 saturated carbocycles. The minimum absolute atomic E-state index is 1.42. The molecule has 0 heterocycles. The molecule has 0 aliphatic carbocycles. The van der Waals surface area contributed by atoms with Gasteiger partial charge in [-0.25, -0.2) is 0 Å². The summed E-state index contributed by atoms with van der Waals surface area (Å²) in [6.45, 7) is 0. The van der Waals surface area contributed by atoms with Crippen LogP contribution >= 0.6 is 0 Å². The molecule has 0 atom stereocenters. The van der Waals surface area contributed by atoms with E-state index < -0.39 is 0 Å². The van der Waals surface area contributed by atoms with E-state index in [4.69, 9.17) is 5.84 Å². The molecule has 0 aromatic heterocycles. The normalized spacial score (nSPS) is 11.5. The maximum absolute atomic E-state index is 4.69.